The fraction of sp³-hybridized carbons (Fsp3) is 0.595. The number of esters is 1. The Labute approximate surface area is 293 Å². The van der Waals surface area contributed by atoms with Crippen molar-refractivity contribution < 1.29 is 41.3 Å². The van der Waals surface area contributed by atoms with E-state index in [9.17, 15) is 27.6 Å². The van der Waals surface area contributed by atoms with Crippen molar-refractivity contribution in [3.05, 3.63) is 49.2 Å². The van der Waals surface area contributed by atoms with Gasteiger partial charge in [0.2, 0.25) is 17.7 Å². The number of nitrogens with zero attached hydrogens (tertiary/aromatic N) is 2. The van der Waals surface area contributed by atoms with Crippen molar-refractivity contribution in [1.82, 2.24) is 14.6 Å². The normalized spacial score (nSPS) is 26.0. The summed E-state index contributed by atoms with van der Waals surface area (Å²) in [5.41, 5.74) is -2.00. The second-order valence-corrected chi connectivity index (χ2v) is 16.7. The van der Waals surface area contributed by atoms with Gasteiger partial charge in [-0.05, 0) is 73.8 Å². The number of nitrogens with one attached hydrogen (secondary N) is 1. The average Bonchev–Trinajstić information content (AvgIpc) is 3.89. The maximum Gasteiger partial charge on any atom is 0.362 e. The fourth-order valence-corrected chi connectivity index (χ4v) is 8.37. The molecular weight excluding hydrogens is 662 g/mol. The number of allylic oxidation sites excluding steroid dienone is 1. The Balaban J connectivity index is 1.25. The van der Waals surface area contributed by atoms with Gasteiger partial charge in [-0.2, -0.15) is 8.42 Å². The number of aromatic nitrogens is 1. The molecule has 4 fully saturated rings. The van der Waals surface area contributed by atoms with Crippen molar-refractivity contribution in [2.75, 3.05) is 6.54 Å². The summed E-state index contributed by atoms with van der Waals surface area (Å²) in [7, 11) is -4.36. The van der Waals surface area contributed by atoms with E-state index in [1.165, 1.54) is 4.90 Å². The van der Waals surface area contributed by atoms with Gasteiger partial charge in [-0.25, -0.2) is 9.71 Å². The molecule has 0 unspecified atom stereocenters. The molecule has 3 aliphatic carbocycles. The standard InChI is InChI=1S/C37H47N3O9S/c1-5-24-20-37(24,35(44)39-50(45,46)49-26-14-15-26)21-31(41)30-18-27(48-33-28-13-9-6-10-23(28)16-17-38-33)22-40(30)34(43)29(36(2,3)4)19-32(42)47-25-11-7-8-12-25/h5-6,9-10,13,16-17,24-27,29-30H,1,7-8,11-12,14-15,18-22H2,2-4H3,(H,39,44)/t24-,27-,29-,30+,37-/m1/s1. The molecular formula is C37H47N3O9S. The monoisotopic (exact) mass is 709 g/mol. The van der Waals surface area contributed by atoms with E-state index in [-0.39, 0.29) is 44.2 Å². The molecule has 0 radical (unpaired) electrons. The van der Waals surface area contributed by atoms with E-state index in [1.807, 2.05) is 55.8 Å². The SMILES string of the molecule is C=C[C@@H]1C[C@]1(CC(=O)[C@@H]1C[C@@H](Oc2nccc3ccccc23)CN1C(=O)[C@@H](CC(=O)OC1CCCC1)C(C)(C)C)C(=O)NS(=O)(=O)OC1CC1. The molecule has 0 spiro atoms. The Morgan fingerprint density at radius 1 is 1.06 bits per heavy atom. The number of benzene rings is 1. The van der Waals surface area contributed by atoms with Crippen molar-refractivity contribution in [2.24, 2.45) is 22.7 Å². The lowest BCUT2D eigenvalue weighted by molar-refractivity contribution is -0.156. The van der Waals surface area contributed by atoms with Crippen LogP contribution in [0.2, 0.25) is 0 Å². The smallest absolute Gasteiger partial charge is 0.362 e. The van der Waals surface area contributed by atoms with Gasteiger partial charge < -0.3 is 14.4 Å². The quantitative estimate of drug-likeness (QED) is 0.213. The van der Waals surface area contributed by atoms with Gasteiger partial charge in [-0.15, -0.1) is 6.58 Å². The lowest BCUT2D eigenvalue weighted by Crippen LogP contribution is -2.48. The zero-order chi connectivity index (χ0) is 35.8. The molecule has 2 aromatic rings. The van der Waals surface area contributed by atoms with E-state index in [2.05, 4.69) is 11.6 Å². The molecule has 1 N–H and O–H groups in total. The molecule has 2 amide bonds. The van der Waals surface area contributed by atoms with Crippen LogP contribution in [0.4, 0.5) is 0 Å². The second-order valence-electron chi connectivity index (χ2n) is 15.4. The third kappa shape index (κ3) is 8.04. The summed E-state index contributed by atoms with van der Waals surface area (Å²) in [6, 6.07) is 8.47. The molecule has 1 aromatic heterocycles. The molecule has 5 atom stereocenters. The largest absolute Gasteiger partial charge is 0.472 e. The zero-order valence-corrected chi connectivity index (χ0v) is 29.8. The fourth-order valence-electron chi connectivity index (χ4n) is 7.34. The van der Waals surface area contributed by atoms with Gasteiger partial charge in [0.25, 0.3) is 0 Å². The number of hydrogen-bond donors (Lipinski definition) is 1. The van der Waals surface area contributed by atoms with Crippen molar-refractivity contribution in [1.29, 1.82) is 0 Å². The number of Topliss-reactive ketones (excluding diaryl/α,β-unsaturated/α-hetero) is 1. The molecule has 270 valence electrons. The van der Waals surface area contributed by atoms with Gasteiger partial charge in [0.1, 0.15) is 12.2 Å². The summed E-state index contributed by atoms with van der Waals surface area (Å²) in [5.74, 6) is -2.94. The molecule has 2 heterocycles. The Morgan fingerprint density at radius 3 is 2.44 bits per heavy atom. The number of hydrogen-bond acceptors (Lipinski definition) is 10. The Hall–Kier alpha value is -3.84. The molecule has 4 aliphatic rings. The van der Waals surface area contributed by atoms with Gasteiger partial charge >= 0.3 is 16.3 Å². The van der Waals surface area contributed by atoms with Crippen LogP contribution in [-0.4, -0.2) is 72.8 Å². The van der Waals surface area contributed by atoms with E-state index >= 15 is 0 Å². The van der Waals surface area contributed by atoms with E-state index in [4.69, 9.17) is 13.7 Å². The first kappa shape index (κ1) is 36.0. The van der Waals surface area contributed by atoms with Crippen molar-refractivity contribution in [2.45, 2.75) is 109 Å². The predicted octanol–water partition coefficient (Wildman–Crippen LogP) is 4.81. The molecule has 50 heavy (non-hydrogen) atoms. The third-order valence-corrected chi connectivity index (χ3v) is 11.5. The summed E-state index contributed by atoms with van der Waals surface area (Å²) in [5, 5.41) is 1.70. The minimum atomic E-state index is -4.36. The van der Waals surface area contributed by atoms with E-state index in [0.717, 1.165) is 36.5 Å². The van der Waals surface area contributed by atoms with Gasteiger partial charge in [0, 0.05) is 24.4 Å². The summed E-state index contributed by atoms with van der Waals surface area (Å²) in [4.78, 5) is 61.4. The van der Waals surface area contributed by atoms with Crippen molar-refractivity contribution in [3.8, 4) is 5.88 Å². The number of fused-ring (bicyclic) bond motifs is 1. The van der Waals surface area contributed by atoms with Gasteiger partial charge in [0.05, 0.1) is 36.4 Å². The minimum absolute atomic E-state index is 0.0537. The van der Waals surface area contributed by atoms with Gasteiger partial charge in [-0.1, -0.05) is 45.0 Å². The van der Waals surface area contributed by atoms with Crippen LogP contribution in [0.3, 0.4) is 0 Å². The van der Waals surface area contributed by atoms with Crippen molar-refractivity contribution >= 4 is 44.6 Å². The molecule has 3 saturated carbocycles. The van der Waals surface area contributed by atoms with E-state index in [0.29, 0.717) is 18.7 Å². The summed E-state index contributed by atoms with van der Waals surface area (Å²) in [6.07, 6.45) is 6.62. The van der Waals surface area contributed by atoms with E-state index < -0.39 is 68.9 Å². The van der Waals surface area contributed by atoms with Crippen LogP contribution >= 0.6 is 0 Å². The van der Waals surface area contributed by atoms with Crippen LogP contribution in [-0.2, 0) is 38.4 Å². The highest BCUT2D eigenvalue weighted by molar-refractivity contribution is 7.85. The number of carbonyl (C=O) groups is 4. The number of ketones is 1. The summed E-state index contributed by atoms with van der Waals surface area (Å²) in [6.45, 7) is 9.48. The second kappa shape index (κ2) is 14.1. The Morgan fingerprint density at radius 2 is 1.78 bits per heavy atom. The first-order valence-electron chi connectivity index (χ1n) is 17.6. The number of ether oxygens (including phenoxy) is 2. The van der Waals surface area contributed by atoms with Gasteiger partial charge in [-0.3, -0.25) is 23.4 Å². The van der Waals surface area contributed by atoms with E-state index in [1.54, 1.807) is 12.3 Å². The molecule has 1 saturated heterocycles. The average molecular weight is 710 g/mol. The number of rotatable bonds is 14. The first-order valence-corrected chi connectivity index (χ1v) is 19.0. The number of likely N-dealkylation sites (tertiary alicyclic amines) is 1. The summed E-state index contributed by atoms with van der Waals surface area (Å²) < 4.78 is 44.2. The molecule has 1 aliphatic heterocycles. The Bertz CT molecular complexity index is 1760. The van der Waals surface area contributed by atoms with Crippen LogP contribution in [0.15, 0.2) is 49.2 Å². The lowest BCUT2D eigenvalue weighted by Gasteiger charge is -2.35. The number of carbonyl (C=O) groups excluding carboxylic acids is 4. The predicted molar refractivity (Wildman–Crippen MR) is 184 cm³/mol. The van der Waals surface area contributed by atoms with Crippen LogP contribution in [0, 0.1) is 22.7 Å². The highest BCUT2D eigenvalue weighted by Gasteiger charge is 2.61. The molecule has 6 rings (SSSR count). The lowest BCUT2D eigenvalue weighted by atomic mass is 9.77. The summed E-state index contributed by atoms with van der Waals surface area (Å²) >= 11 is 0. The topological polar surface area (TPSA) is 158 Å². The van der Waals surface area contributed by atoms with Crippen molar-refractivity contribution in [3.63, 3.8) is 0 Å². The number of amides is 2. The Kier molecular flexibility index (Phi) is 10.1. The van der Waals surface area contributed by atoms with Crippen LogP contribution in [0.5, 0.6) is 5.88 Å². The van der Waals surface area contributed by atoms with Gasteiger partial charge in [0.15, 0.2) is 5.78 Å². The molecule has 1 aromatic carbocycles. The highest BCUT2D eigenvalue weighted by atomic mass is 32.2. The van der Waals surface area contributed by atoms with Crippen LogP contribution < -0.4 is 9.46 Å². The zero-order valence-electron chi connectivity index (χ0n) is 29.0. The van der Waals surface area contributed by atoms with Crippen LogP contribution in [0.25, 0.3) is 10.8 Å². The third-order valence-electron chi connectivity index (χ3n) is 10.5. The minimum Gasteiger partial charge on any atom is -0.472 e. The highest BCUT2D eigenvalue weighted by Crippen LogP contribution is 2.57. The first-order chi connectivity index (χ1) is 23.7. The number of pyridine rings is 1. The maximum absolute atomic E-state index is 14.5. The molecule has 12 nitrogen and oxygen atoms in total. The molecule has 13 heteroatoms. The maximum atomic E-state index is 14.5. The molecule has 0 bridgehead atoms. The van der Waals surface area contributed by atoms with Crippen LogP contribution in [0.1, 0.15) is 85.0 Å².